The molecule has 0 saturated heterocycles. The van der Waals surface area contributed by atoms with E-state index in [1.165, 1.54) is 24.4 Å². The minimum Gasteiger partial charge on any atom is -0.441 e. The number of aryl methyl sites for hydroxylation is 1. The van der Waals surface area contributed by atoms with Gasteiger partial charge in [0.1, 0.15) is 5.52 Å². The first-order chi connectivity index (χ1) is 15.7. The number of H-pyrrole nitrogens is 2. The van der Waals surface area contributed by atoms with Crippen molar-refractivity contribution in [3.05, 3.63) is 74.2 Å². The van der Waals surface area contributed by atoms with Gasteiger partial charge in [0.05, 0.1) is 28.1 Å². The van der Waals surface area contributed by atoms with Crippen molar-refractivity contribution < 1.29 is 12.8 Å². The summed E-state index contributed by atoms with van der Waals surface area (Å²) in [6.07, 6.45) is 1.32. The lowest BCUT2D eigenvalue weighted by molar-refractivity contribution is 0.561. The van der Waals surface area contributed by atoms with Crippen molar-refractivity contribution in [1.82, 2.24) is 24.9 Å². The Bertz CT molecular complexity index is 1790. The van der Waals surface area contributed by atoms with Crippen molar-refractivity contribution in [3.63, 3.8) is 0 Å². The zero-order valence-corrected chi connectivity index (χ0v) is 18.3. The van der Waals surface area contributed by atoms with Gasteiger partial charge >= 0.3 is 11.1 Å². The first kappa shape index (κ1) is 20.8. The predicted molar refractivity (Wildman–Crippen MR) is 121 cm³/mol. The second-order valence-corrected chi connectivity index (χ2v) is 9.07. The van der Waals surface area contributed by atoms with E-state index in [-0.39, 0.29) is 26.9 Å². The first-order valence-corrected chi connectivity index (χ1v) is 11.2. The molecule has 4 aromatic heterocycles. The van der Waals surface area contributed by atoms with Gasteiger partial charge in [0, 0.05) is 12.5 Å². The van der Waals surface area contributed by atoms with Crippen LogP contribution in [0.15, 0.2) is 61.6 Å². The third-order valence-electron chi connectivity index (χ3n) is 4.69. The Morgan fingerprint density at radius 1 is 1.03 bits per heavy atom. The van der Waals surface area contributed by atoms with Gasteiger partial charge in [0.25, 0.3) is 10.0 Å². The summed E-state index contributed by atoms with van der Waals surface area (Å²) in [6, 6.07) is 9.23. The fourth-order valence-corrected chi connectivity index (χ4v) is 4.49. The molecule has 166 valence electrons. The highest BCUT2D eigenvalue weighted by atomic mass is 35.5. The van der Waals surface area contributed by atoms with E-state index >= 15 is 0 Å². The average Bonchev–Trinajstić information content (AvgIpc) is 3.13. The Morgan fingerprint density at radius 2 is 1.82 bits per heavy atom. The molecular weight excluding hydrogens is 472 g/mol. The molecule has 0 spiro atoms. The number of halogens is 1. The van der Waals surface area contributed by atoms with Gasteiger partial charge in [-0.15, -0.1) is 0 Å². The molecule has 0 unspecified atom stereocenters. The number of pyridine rings is 2. The van der Waals surface area contributed by atoms with E-state index < -0.39 is 21.1 Å². The van der Waals surface area contributed by atoms with Crippen molar-refractivity contribution in [2.24, 2.45) is 0 Å². The lowest BCUT2D eigenvalue weighted by Crippen LogP contribution is -2.29. The maximum atomic E-state index is 12.8. The number of rotatable bonds is 4. The van der Waals surface area contributed by atoms with E-state index in [2.05, 4.69) is 29.6 Å². The van der Waals surface area contributed by atoms with Gasteiger partial charge in [-0.25, -0.2) is 9.97 Å². The number of benzene rings is 1. The molecule has 4 heterocycles. The summed E-state index contributed by atoms with van der Waals surface area (Å²) in [5, 5.41) is -0.159. The number of aromatic amines is 2. The van der Waals surface area contributed by atoms with Crippen LogP contribution in [0.25, 0.3) is 33.5 Å². The molecule has 11 nitrogen and oxygen atoms in total. The van der Waals surface area contributed by atoms with Gasteiger partial charge in [-0.1, -0.05) is 11.6 Å². The molecule has 0 aliphatic rings. The topological polar surface area (TPSA) is 164 Å². The van der Waals surface area contributed by atoms with Crippen LogP contribution in [-0.2, 0) is 10.0 Å². The molecule has 0 saturated carbocycles. The molecular formula is C20H13ClN6O5S. The zero-order chi connectivity index (χ0) is 23.3. The van der Waals surface area contributed by atoms with Crippen LogP contribution in [0.4, 0.5) is 5.69 Å². The van der Waals surface area contributed by atoms with Gasteiger partial charge < -0.3 is 14.4 Å². The third-order valence-corrected chi connectivity index (χ3v) is 6.26. The van der Waals surface area contributed by atoms with Crippen LogP contribution in [0.1, 0.15) is 5.89 Å². The zero-order valence-electron chi connectivity index (χ0n) is 16.7. The van der Waals surface area contributed by atoms with E-state index in [9.17, 15) is 18.0 Å². The average molecular weight is 485 g/mol. The van der Waals surface area contributed by atoms with Crippen molar-refractivity contribution in [2.75, 3.05) is 4.72 Å². The minimum atomic E-state index is -4.14. The van der Waals surface area contributed by atoms with Crippen LogP contribution < -0.4 is 15.8 Å². The van der Waals surface area contributed by atoms with Crippen LogP contribution in [0, 0.1) is 6.92 Å². The molecule has 3 N–H and O–H groups in total. The monoisotopic (exact) mass is 484 g/mol. The maximum Gasteiger partial charge on any atom is 0.315 e. The molecule has 1 aromatic carbocycles. The lowest BCUT2D eigenvalue weighted by atomic mass is 10.1. The number of fused-ring (bicyclic) bond motifs is 2. The first-order valence-electron chi connectivity index (χ1n) is 9.39. The molecule has 0 atom stereocenters. The molecule has 0 amide bonds. The summed E-state index contributed by atoms with van der Waals surface area (Å²) in [5.41, 5.74) is 0.814. The van der Waals surface area contributed by atoms with Crippen LogP contribution in [-0.4, -0.2) is 33.3 Å². The van der Waals surface area contributed by atoms with Gasteiger partial charge in [-0.05, 0) is 36.4 Å². The van der Waals surface area contributed by atoms with Gasteiger partial charge in [-0.3, -0.25) is 19.3 Å². The third kappa shape index (κ3) is 3.85. The minimum absolute atomic E-state index is 0.0764. The number of sulfonamides is 1. The number of hydrogen-bond donors (Lipinski definition) is 3. The van der Waals surface area contributed by atoms with E-state index in [1.807, 2.05) is 0 Å². The van der Waals surface area contributed by atoms with E-state index in [1.54, 1.807) is 25.1 Å². The van der Waals surface area contributed by atoms with Crippen LogP contribution >= 0.6 is 11.6 Å². The number of hydrogen-bond acceptors (Lipinski definition) is 8. The molecule has 5 rings (SSSR count). The summed E-state index contributed by atoms with van der Waals surface area (Å²) in [7, 11) is -4.14. The Labute approximate surface area is 189 Å². The van der Waals surface area contributed by atoms with Crippen molar-refractivity contribution in [3.8, 4) is 11.3 Å². The summed E-state index contributed by atoms with van der Waals surface area (Å²) < 4.78 is 33.4. The normalized spacial score (nSPS) is 11.8. The highest BCUT2D eigenvalue weighted by Gasteiger charge is 2.19. The second kappa shape index (κ2) is 7.53. The Morgan fingerprint density at radius 3 is 2.61 bits per heavy atom. The molecule has 0 radical (unpaired) electrons. The van der Waals surface area contributed by atoms with Gasteiger partial charge in [0.15, 0.2) is 22.1 Å². The SMILES string of the molecule is Cc1nc2cc(-c3ncc(NS(=O)(=O)c4ccc5[nH]c(=O)c(=O)[nH]c5n4)cc3Cl)ccc2o1. The number of nitrogens with zero attached hydrogens (tertiary/aromatic N) is 3. The Hall–Kier alpha value is -4.03. The summed E-state index contributed by atoms with van der Waals surface area (Å²) >= 11 is 6.38. The smallest absolute Gasteiger partial charge is 0.315 e. The molecule has 5 aromatic rings. The van der Waals surface area contributed by atoms with Gasteiger partial charge in [0.2, 0.25) is 0 Å². The van der Waals surface area contributed by atoms with E-state index in [0.29, 0.717) is 28.2 Å². The molecule has 13 heteroatoms. The Kier molecular flexibility index (Phi) is 4.76. The summed E-state index contributed by atoms with van der Waals surface area (Å²) in [5.74, 6) is 0.531. The standard InChI is InChI=1S/C20H13ClN6O5S/c1-9-23-14-6-10(2-4-15(14)32-9)17-12(21)7-11(8-22-17)27-33(30,31)16-5-3-13-18(25-16)26-20(29)19(28)24-13/h2-8,27H,1H3,(H,24,28)(H,25,26,29). The maximum absolute atomic E-state index is 12.8. The highest BCUT2D eigenvalue weighted by Crippen LogP contribution is 2.31. The van der Waals surface area contributed by atoms with Crippen LogP contribution in [0.2, 0.25) is 5.02 Å². The van der Waals surface area contributed by atoms with Crippen LogP contribution in [0.5, 0.6) is 0 Å². The summed E-state index contributed by atoms with van der Waals surface area (Å²) in [4.78, 5) is 39.9. The fourth-order valence-electron chi connectivity index (χ4n) is 3.23. The van der Waals surface area contributed by atoms with E-state index in [0.717, 1.165) is 0 Å². The van der Waals surface area contributed by atoms with Crippen molar-refractivity contribution >= 4 is 49.6 Å². The highest BCUT2D eigenvalue weighted by molar-refractivity contribution is 7.92. The van der Waals surface area contributed by atoms with Crippen molar-refractivity contribution in [2.45, 2.75) is 11.9 Å². The quantitative estimate of drug-likeness (QED) is 0.327. The van der Waals surface area contributed by atoms with Gasteiger partial charge in [-0.2, -0.15) is 8.42 Å². The molecule has 0 bridgehead atoms. The number of nitrogens with one attached hydrogen (secondary N) is 3. The second-order valence-electron chi connectivity index (χ2n) is 7.03. The largest absolute Gasteiger partial charge is 0.441 e. The van der Waals surface area contributed by atoms with E-state index in [4.69, 9.17) is 16.0 Å². The van der Waals surface area contributed by atoms with Crippen LogP contribution in [0.3, 0.4) is 0 Å². The predicted octanol–water partition coefficient (Wildman–Crippen LogP) is 2.58. The number of oxazole rings is 1. The Balaban J connectivity index is 1.46. The molecule has 33 heavy (non-hydrogen) atoms. The lowest BCUT2D eigenvalue weighted by Gasteiger charge is -2.10. The summed E-state index contributed by atoms with van der Waals surface area (Å²) in [6.45, 7) is 1.74. The molecule has 0 fully saturated rings. The number of anilines is 1. The fraction of sp³-hybridized carbons (Fsp3) is 0.0500. The number of aromatic nitrogens is 5. The molecule has 0 aliphatic carbocycles. The molecule has 0 aliphatic heterocycles. The van der Waals surface area contributed by atoms with Crippen molar-refractivity contribution in [1.29, 1.82) is 0 Å².